The van der Waals surface area contributed by atoms with Crippen LogP contribution in [0.15, 0.2) is 89.9 Å². The van der Waals surface area contributed by atoms with Gasteiger partial charge >= 0.3 is 0 Å². The quantitative estimate of drug-likeness (QED) is 0.482. The molecular formula is C24H27N3O. The molecule has 0 aliphatic carbocycles. The van der Waals surface area contributed by atoms with Crippen LogP contribution in [0.4, 0.5) is 0 Å². The first-order valence-electron chi connectivity index (χ1n) is 9.47. The minimum atomic E-state index is 0.252. The second-order valence-corrected chi connectivity index (χ2v) is 6.53. The number of nitrogens with one attached hydrogen (secondary N) is 2. The number of benzene rings is 3. The summed E-state index contributed by atoms with van der Waals surface area (Å²) in [4.78, 5) is 4.37. The van der Waals surface area contributed by atoms with Gasteiger partial charge in [-0.15, -0.1) is 0 Å². The number of ether oxygens (including phenoxy) is 1. The zero-order valence-electron chi connectivity index (χ0n) is 16.4. The summed E-state index contributed by atoms with van der Waals surface area (Å²) in [6.45, 7) is 1.46. The molecule has 0 unspecified atom stereocenters. The van der Waals surface area contributed by atoms with Crippen LogP contribution in [-0.4, -0.2) is 26.7 Å². The second-order valence-electron chi connectivity index (χ2n) is 6.53. The van der Waals surface area contributed by atoms with Gasteiger partial charge in [0.05, 0.1) is 7.11 Å². The normalized spacial score (nSPS) is 11.3. The van der Waals surface area contributed by atoms with Crippen LogP contribution in [0.3, 0.4) is 0 Å². The van der Waals surface area contributed by atoms with E-state index in [4.69, 9.17) is 4.74 Å². The van der Waals surface area contributed by atoms with E-state index in [1.54, 1.807) is 14.2 Å². The maximum atomic E-state index is 5.21. The molecule has 0 fully saturated rings. The van der Waals surface area contributed by atoms with E-state index in [2.05, 4.69) is 76.3 Å². The first-order chi connectivity index (χ1) is 13.8. The smallest absolute Gasteiger partial charge is 0.191 e. The van der Waals surface area contributed by atoms with Crippen LogP contribution in [-0.2, 0) is 6.54 Å². The van der Waals surface area contributed by atoms with Gasteiger partial charge in [-0.1, -0.05) is 72.8 Å². The van der Waals surface area contributed by atoms with Crippen molar-refractivity contribution in [2.75, 3.05) is 20.7 Å². The fraction of sp³-hybridized carbons (Fsp3) is 0.208. The highest BCUT2D eigenvalue weighted by Gasteiger charge is 2.14. The molecule has 0 bridgehead atoms. The van der Waals surface area contributed by atoms with Crippen LogP contribution in [0.5, 0.6) is 5.75 Å². The monoisotopic (exact) mass is 373 g/mol. The lowest BCUT2D eigenvalue weighted by Gasteiger charge is -2.20. The molecule has 2 N–H and O–H groups in total. The van der Waals surface area contributed by atoms with Gasteiger partial charge in [0.25, 0.3) is 0 Å². The molecule has 0 aliphatic rings. The molecule has 4 heteroatoms. The highest BCUT2D eigenvalue weighted by atomic mass is 16.5. The van der Waals surface area contributed by atoms with Gasteiger partial charge in [-0.05, 0) is 28.8 Å². The first-order valence-corrected chi connectivity index (χ1v) is 9.47. The van der Waals surface area contributed by atoms with Crippen molar-refractivity contribution >= 4 is 5.96 Å². The third-order valence-electron chi connectivity index (χ3n) is 4.72. The Morgan fingerprint density at radius 3 is 1.89 bits per heavy atom. The Labute approximate surface area is 167 Å². The molecule has 4 nitrogen and oxygen atoms in total. The zero-order chi connectivity index (χ0) is 19.6. The van der Waals surface area contributed by atoms with Crippen LogP contribution < -0.4 is 15.4 Å². The van der Waals surface area contributed by atoms with Gasteiger partial charge < -0.3 is 15.4 Å². The Kier molecular flexibility index (Phi) is 7.08. The van der Waals surface area contributed by atoms with E-state index in [0.29, 0.717) is 6.54 Å². The number of rotatable bonds is 7. The minimum absolute atomic E-state index is 0.252. The summed E-state index contributed by atoms with van der Waals surface area (Å²) in [5.74, 6) is 1.90. The molecule has 0 heterocycles. The zero-order valence-corrected chi connectivity index (χ0v) is 16.4. The van der Waals surface area contributed by atoms with E-state index in [1.807, 2.05) is 24.3 Å². The summed E-state index contributed by atoms with van der Waals surface area (Å²) in [5.41, 5.74) is 3.74. The molecule has 0 saturated carbocycles. The van der Waals surface area contributed by atoms with Crippen LogP contribution in [0, 0.1) is 0 Å². The van der Waals surface area contributed by atoms with Crippen molar-refractivity contribution < 1.29 is 4.74 Å². The summed E-state index contributed by atoms with van der Waals surface area (Å²) in [6.07, 6.45) is 0. The number of hydrogen-bond donors (Lipinski definition) is 2. The fourth-order valence-corrected chi connectivity index (χ4v) is 3.15. The lowest BCUT2D eigenvalue weighted by atomic mass is 9.91. The molecule has 0 spiro atoms. The van der Waals surface area contributed by atoms with Gasteiger partial charge in [-0.3, -0.25) is 4.99 Å². The summed E-state index contributed by atoms with van der Waals surface area (Å²) >= 11 is 0. The van der Waals surface area contributed by atoms with Crippen LogP contribution >= 0.6 is 0 Å². The maximum absolute atomic E-state index is 5.21. The summed E-state index contributed by atoms with van der Waals surface area (Å²) < 4.78 is 5.21. The predicted octanol–water partition coefficient (Wildman–Crippen LogP) is 4.19. The van der Waals surface area contributed by atoms with Gasteiger partial charge in [0.2, 0.25) is 0 Å². The van der Waals surface area contributed by atoms with Crippen LogP contribution in [0.1, 0.15) is 22.6 Å². The number of hydrogen-bond acceptors (Lipinski definition) is 2. The van der Waals surface area contributed by atoms with E-state index in [9.17, 15) is 0 Å². The Hall–Kier alpha value is -3.27. The molecule has 0 aliphatic heterocycles. The van der Waals surface area contributed by atoms with E-state index >= 15 is 0 Å². The van der Waals surface area contributed by atoms with E-state index < -0.39 is 0 Å². The molecule has 0 aromatic heterocycles. The molecule has 0 saturated heterocycles. The number of aliphatic imine (C=N–C) groups is 1. The molecular weight excluding hydrogens is 346 g/mol. The number of methoxy groups -OCH3 is 1. The van der Waals surface area contributed by atoms with Crippen molar-refractivity contribution in [3.63, 3.8) is 0 Å². The van der Waals surface area contributed by atoms with Gasteiger partial charge in [0.1, 0.15) is 5.75 Å². The Morgan fingerprint density at radius 2 is 1.39 bits per heavy atom. The first kappa shape index (κ1) is 19.5. The largest absolute Gasteiger partial charge is 0.497 e. The molecule has 0 amide bonds. The lowest BCUT2D eigenvalue weighted by molar-refractivity contribution is 0.414. The summed E-state index contributed by atoms with van der Waals surface area (Å²) in [5, 5.41) is 6.85. The lowest BCUT2D eigenvalue weighted by Crippen LogP contribution is -2.39. The fourth-order valence-electron chi connectivity index (χ4n) is 3.15. The van der Waals surface area contributed by atoms with E-state index in [1.165, 1.54) is 16.7 Å². The second kappa shape index (κ2) is 10.2. The Balaban J connectivity index is 1.64. The van der Waals surface area contributed by atoms with Crippen molar-refractivity contribution in [2.45, 2.75) is 12.5 Å². The van der Waals surface area contributed by atoms with Crippen LogP contribution in [0.25, 0.3) is 0 Å². The minimum Gasteiger partial charge on any atom is -0.497 e. The van der Waals surface area contributed by atoms with Gasteiger partial charge in [-0.2, -0.15) is 0 Å². The average molecular weight is 374 g/mol. The van der Waals surface area contributed by atoms with E-state index in [0.717, 1.165) is 18.3 Å². The Morgan fingerprint density at radius 1 is 0.821 bits per heavy atom. The van der Waals surface area contributed by atoms with Gasteiger partial charge in [-0.25, -0.2) is 0 Å². The SMILES string of the molecule is CN=C(NCc1ccc(OC)cc1)NCC(c1ccccc1)c1ccccc1. The third-order valence-corrected chi connectivity index (χ3v) is 4.72. The predicted molar refractivity (Wildman–Crippen MR) is 116 cm³/mol. The van der Waals surface area contributed by atoms with Crippen molar-refractivity contribution in [2.24, 2.45) is 4.99 Å². The third kappa shape index (κ3) is 5.36. The Bertz CT molecular complexity index is 822. The van der Waals surface area contributed by atoms with Gasteiger partial charge in [0.15, 0.2) is 5.96 Å². The topological polar surface area (TPSA) is 45.7 Å². The van der Waals surface area contributed by atoms with Crippen molar-refractivity contribution in [3.8, 4) is 5.75 Å². The maximum Gasteiger partial charge on any atom is 0.191 e. The van der Waals surface area contributed by atoms with Crippen molar-refractivity contribution in [3.05, 3.63) is 102 Å². The highest BCUT2D eigenvalue weighted by molar-refractivity contribution is 5.79. The van der Waals surface area contributed by atoms with Crippen LogP contribution in [0.2, 0.25) is 0 Å². The number of nitrogens with zero attached hydrogens (tertiary/aromatic N) is 1. The summed E-state index contributed by atoms with van der Waals surface area (Å²) in [7, 11) is 3.47. The van der Waals surface area contributed by atoms with Gasteiger partial charge in [0, 0.05) is 26.1 Å². The highest BCUT2D eigenvalue weighted by Crippen LogP contribution is 2.23. The van der Waals surface area contributed by atoms with Crippen molar-refractivity contribution in [1.82, 2.24) is 10.6 Å². The summed E-state index contributed by atoms with van der Waals surface area (Å²) in [6, 6.07) is 29.2. The molecule has 3 aromatic rings. The molecule has 3 rings (SSSR count). The van der Waals surface area contributed by atoms with Crippen molar-refractivity contribution in [1.29, 1.82) is 0 Å². The molecule has 28 heavy (non-hydrogen) atoms. The molecule has 0 radical (unpaired) electrons. The molecule has 144 valence electrons. The standard InChI is InChI=1S/C24H27N3O/c1-25-24(26-17-19-13-15-22(28-2)16-14-19)27-18-23(20-9-5-3-6-10-20)21-11-7-4-8-12-21/h3-16,23H,17-18H2,1-2H3,(H2,25,26,27). The number of guanidine groups is 1. The average Bonchev–Trinajstić information content (AvgIpc) is 2.78. The molecule has 0 atom stereocenters. The van der Waals surface area contributed by atoms with E-state index in [-0.39, 0.29) is 5.92 Å². The molecule has 3 aromatic carbocycles.